The summed E-state index contributed by atoms with van der Waals surface area (Å²) in [5.74, 6) is 0.513. The molecule has 0 aliphatic carbocycles. The minimum Gasteiger partial charge on any atom is -0.375 e. The fourth-order valence-corrected chi connectivity index (χ4v) is 4.51. The van der Waals surface area contributed by atoms with Gasteiger partial charge in [-0.3, -0.25) is 14.4 Å². The Hall–Kier alpha value is -2.18. The highest BCUT2D eigenvalue weighted by Crippen LogP contribution is 2.37. The minimum atomic E-state index is -0.00811. The van der Waals surface area contributed by atoms with Gasteiger partial charge in [0.2, 0.25) is 0 Å². The molecule has 3 heterocycles. The van der Waals surface area contributed by atoms with Crippen molar-refractivity contribution in [3.8, 4) is 0 Å². The zero-order valence-electron chi connectivity index (χ0n) is 16.6. The number of benzene rings is 1. The van der Waals surface area contributed by atoms with E-state index in [4.69, 9.17) is 4.74 Å². The Labute approximate surface area is 166 Å². The third kappa shape index (κ3) is 4.62. The van der Waals surface area contributed by atoms with Crippen molar-refractivity contribution in [2.24, 2.45) is 13.0 Å². The summed E-state index contributed by atoms with van der Waals surface area (Å²) in [4.78, 5) is 14.8. The number of rotatable bonds is 5. The van der Waals surface area contributed by atoms with Crippen molar-refractivity contribution in [1.29, 1.82) is 0 Å². The molecular weight excluding hydrogens is 352 g/mol. The second-order valence-corrected chi connectivity index (χ2v) is 8.26. The summed E-state index contributed by atoms with van der Waals surface area (Å²) in [7, 11) is 1.96. The van der Waals surface area contributed by atoms with Crippen molar-refractivity contribution in [3.05, 3.63) is 53.9 Å². The molecule has 2 aliphatic rings. The Morgan fingerprint density at radius 1 is 1.29 bits per heavy atom. The molecule has 0 saturated carbocycles. The fourth-order valence-electron chi connectivity index (χ4n) is 4.51. The van der Waals surface area contributed by atoms with Crippen LogP contribution in [0, 0.1) is 5.92 Å². The molecule has 6 heteroatoms. The van der Waals surface area contributed by atoms with E-state index in [9.17, 15) is 4.79 Å². The smallest absolute Gasteiger partial charge is 0.251 e. The largest absolute Gasteiger partial charge is 0.375 e. The molecule has 2 saturated heterocycles. The Bertz CT molecular complexity index is 781. The zero-order chi connectivity index (χ0) is 19.4. The zero-order valence-corrected chi connectivity index (χ0v) is 16.6. The monoisotopic (exact) mass is 382 g/mol. The molecule has 2 aromatic rings. The number of amides is 1. The second-order valence-electron chi connectivity index (χ2n) is 8.26. The van der Waals surface area contributed by atoms with Gasteiger partial charge in [-0.2, -0.15) is 5.10 Å². The van der Waals surface area contributed by atoms with E-state index in [0.29, 0.717) is 5.92 Å². The standard InChI is InChI=1S/C22H30N4O2/c1-25-16-19(15-24-25)17-26-10-8-22(9-11-26)13-18(7-12-28-22)14-23-21(27)20-5-3-2-4-6-20/h2-6,15-16,18H,7-14,17H2,1H3,(H,23,27). The van der Waals surface area contributed by atoms with Crippen LogP contribution in [0.3, 0.4) is 0 Å². The maximum atomic E-state index is 12.3. The third-order valence-corrected chi connectivity index (χ3v) is 6.11. The molecule has 4 rings (SSSR count). The quantitative estimate of drug-likeness (QED) is 0.864. The van der Waals surface area contributed by atoms with Crippen LogP contribution in [0.2, 0.25) is 0 Å². The third-order valence-electron chi connectivity index (χ3n) is 6.11. The Morgan fingerprint density at radius 2 is 2.07 bits per heavy atom. The van der Waals surface area contributed by atoms with Gasteiger partial charge in [0.15, 0.2) is 0 Å². The number of carbonyl (C=O) groups is 1. The molecule has 1 unspecified atom stereocenters. The molecule has 1 N–H and O–H groups in total. The van der Waals surface area contributed by atoms with E-state index in [1.54, 1.807) is 0 Å². The topological polar surface area (TPSA) is 59.4 Å². The van der Waals surface area contributed by atoms with Crippen molar-refractivity contribution in [1.82, 2.24) is 20.0 Å². The van der Waals surface area contributed by atoms with Crippen molar-refractivity contribution in [2.75, 3.05) is 26.2 Å². The number of nitrogens with zero attached hydrogens (tertiary/aromatic N) is 3. The maximum Gasteiger partial charge on any atom is 0.251 e. The number of carbonyl (C=O) groups excluding carboxylic acids is 1. The summed E-state index contributed by atoms with van der Waals surface area (Å²) < 4.78 is 8.14. The van der Waals surface area contributed by atoms with Crippen LogP contribution in [-0.2, 0) is 18.3 Å². The summed E-state index contributed by atoms with van der Waals surface area (Å²) in [6, 6.07) is 9.45. The highest BCUT2D eigenvalue weighted by Gasteiger charge is 2.40. The lowest BCUT2D eigenvalue weighted by molar-refractivity contribution is -0.127. The van der Waals surface area contributed by atoms with Gasteiger partial charge in [0, 0.05) is 57.2 Å². The molecular formula is C22H30N4O2. The van der Waals surface area contributed by atoms with Crippen LogP contribution in [0.5, 0.6) is 0 Å². The molecule has 1 aromatic carbocycles. The molecule has 2 fully saturated rings. The predicted octanol–water partition coefficient (Wildman–Crippen LogP) is 2.61. The van der Waals surface area contributed by atoms with E-state index in [0.717, 1.165) is 64.0 Å². The van der Waals surface area contributed by atoms with Crippen LogP contribution in [-0.4, -0.2) is 52.4 Å². The number of piperidine rings is 1. The number of ether oxygens (including phenoxy) is 1. The van der Waals surface area contributed by atoms with Crippen LogP contribution >= 0.6 is 0 Å². The van der Waals surface area contributed by atoms with Gasteiger partial charge >= 0.3 is 0 Å². The first-order valence-electron chi connectivity index (χ1n) is 10.3. The highest BCUT2D eigenvalue weighted by atomic mass is 16.5. The van der Waals surface area contributed by atoms with Crippen LogP contribution in [0.25, 0.3) is 0 Å². The van der Waals surface area contributed by atoms with Gasteiger partial charge in [-0.1, -0.05) is 18.2 Å². The van der Waals surface area contributed by atoms with E-state index in [2.05, 4.69) is 21.5 Å². The highest BCUT2D eigenvalue weighted by molar-refractivity contribution is 5.94. The Morgan fingerprint density at radius 3 is 2.79 bits per heavy atom. The molecule has 150 valence electrons. The summed E-state index contributed by atoms with van der Waals surface area (Å²) in [6.07, 6.45) is 8.24. The van der Waals surface area contributed by atoms with Crippen molar-refractivity contribution < 1.29 is 9.53 Å². The first-order valence-corrected chi connectivity index (χ1v) is 10.3. The van der Waals surface area contributed by atoms with Gasteiger partial charge in [-0.05, 0) is 43.7 Å². The molecule has 1 amide bonds. The molecule has 6 nitrogen and oxygen atoms in total. The van der Waals surface area contributed by atoms with Crippen molar-refractivity contribution in [3.63, 3.8) is 0 Å². The van der Waals surface area contributed by atoms with Crippen molar-refractivity contribution in [2.45, 2.75) is 37.8 Å². The van der Waals surface area contributed by atoms with Crippen LogP contribution in [0.15, 0.2) is 42.7 Å². The molecule has 0 bridgehead atoms. The van der Waals surface area contributed by atoms with Gasteiger partial charge in [-0.15, -0.1) is 0 Å². The molecule has 28 heavy (non-hydrogen) atoms. The van der Waals surface area contributed by atoms with E-state index in [1.165, 1.54) is 5.56 Å². The maximum absolute atomic E-state index is 12.3. The molecule has 0 radical (unpaired) electrons. The Balaban J connectivity index is 1.26. The predicted molar refractivity (Wildman–Crippen MR) is 108 cm³/mol. The minimum absolute atomic E-state index is 0.00811. The van der Waals surface area contributed by atoms with Gasteiger partial charge in [0.1, 0.15) is 0 Å². The van der Waals surface area contributed by atoms with Crippen LogP contribution < -0.4 is 5.32 Å². The number of aryl methyl sites for hydroxylation is 1. The number of hydrogen-bond donors (Lipinski definition) is 1. The lowest BCUT2D eigenvalue weighted by Gasteiger charge is -2.46. The first kappa shape index (κ1) is 19.2. The first-order chi connectivity index (χ1) is 13.6. The van der Waals surface area contributed by atoms with E-state index >= 15 is 0 Å². The summed E-state index contributed by atoms with van der Waals surface area (Å²) in [5.41, 5.74) is 1.99. The average Bonchev–Trinajstić information content (AvgIpc) is 3.14. The van der Waals surface area contributed by atoms with Gasteiger partial charge < -0.3 is 10.1 Å². The van der Waals surface area contributed by atoms with Crippen LogP contribution in [0.1, 0.15) is 41.6 Å². The Kier molecular flexibility index (Phi) is 5.78. The summed E-state index contributed by atoms with van der Waals surface area (Å²) in [5, 5.41) is 7.38. The van der Waals surface area contributed by atoms with Crippen LogP contribution in [0.4, 0.5) is 0 Å². The van der Waals surface area contributed by atoms with Crippen molar-refractivity contribution >= 4 is 5.91 Å². The molecule has 2 aliphatic heterocycles. The fraction of sp³-hybridized carbons (Fsp3) is 0.545. The van der Waals surface area contributed by atoms with E-state index in [1.807, 2.05) is 48.3 Å². The number of hydrogen-bond acceptors (Lipinski definition) is 4. The van der Waals surface area contributed by atoms with Gasteiger partial charge in [0.25, 0.3) is 5.91 Å². The number of nitrogens with one attached hydrogen (secondary N) is 1. The summed E-state index contributed by atoms with van der Waals surface area (Å²) in [6.45, 7) is 4.60. The summed E-state index contributed by atoms with van der Waals surface area (Å²) >= 11 is 0. The number of aromatic nitrogens is 2. The molecule has 1 atom stereocenters. The second kappa shape index (κ2) is 8.45. The molecule has 1 spiro atoms. The lowest BCUT2D eigenvalue weighted by atomic mass is 9.79. The van der Waals surface area contributed by atoms with Gasteiger partial charge in [-0.25, -0.2) is 0 Å². The van der Waals surface area contributed by atoms with Gasteiger partial charge in [0.05, 0.1) is 11.8 Å². The SMILES string of the molecule is Cn1cc(CN2CCC3(CC2)CC(CNC(=O)c2ccccc2)CCO3)cn1. The number of likely N-dealkylation sites (tertiary alicyclic amines) is 1. The lowest BCUT2D eigenvalue weighted by Crippen LogP contribution is -2.50. The average molecular weight is 383 g/mol. The molecule has 1 aromatic heterocycles. The van der Waals surface area contributed by atoms with E-state index in [-0.39, 0.29) is 11.5 Å². The normalized spacial score (nSPS) is 22.2. The van der Waals surface area contributed by atoms with E-state index < -0.39 is 0 Å².